The molecular formula is C15H17BrN2. The van der Waals surface area contributed by atoms with E-state index in [0.717, 1.165) is 17.6 Å². The van der Waals surface area contributed by atoms with Crippen LogP contribution in [-0.2, 0) is 11.9 Å². The molecule has 0 bridgehead atoms. The van der Waals surface area contributed by atoms with Gasteiger partial charge in [0.2, 0.25) is 0 Å². The highest BCUT2D eigenvalue weighted by molar-refractivity contribution is 9.08. The first-order chi connectivity index (χ1) is 8.70. The van der Waals surface area contributed by atoms with Crippen LogP contribution in [0, 0.1) is 6.92 Å². The van der Waals surface area contributed by atoms with Gasteiger partial charge in [0.25, 0.3) is 0 Å². The van der Waals surface area contributed by atoms with Crippen molar-refractivity contribution in [2.24, 2.45) is 0 Å². The normalized spacial score (nSPS) is 10.4. The van der Waals surface area contributed by atoms with Crippen molar-refractivity contribution in [3.05, 3.63) is 59.4 Å². The van der Waals surface area contributed by atoms with Crippen LogP contribution in [0.1, 0.15) is 16.8 Å². The largest absolute Gasteiger partial charge is 0.368 e. The number of hydrogen-bond donors (Lipinski definition) is 0. The number of nitrogens with zero attached hydrogens (tertiary/aromatic N) is 2. The van der Waals surface area contributed by atoms with E-state index in [2.05, 4.69) is 64.1 Å². The average molecular weight is 305 g/mol. The van der Waals surface area contributed by atoms with Crippen molar-refractivity contribution in [3.8, 4) is 0 Å². The Morgan fingerprint density at radius 2 is 2.06 bits per heavy atom. The maximum atomic E-state index is 4.36. The summed E-state index contributed by atoms with van der Waals surface area (Å²) in [5, 5.41) is 0.872. The Morgan fingerprint density at radius 3 is 2.72 bits per heavy atom. The molecule has 0 unspecified atom stereocenters. The Labute approximate surface area is 117 Å². The molecule has 1 aromatic carbocycles. The van der Waals surface area contributed by atoms with Crippen LogP contribution in [0.15, 0.2) is 42.6 Å². The van der Waals surface area contributed by atoms with Gasteiger partial charge in [0.1, 0.15) is 0 Å². The number of alkyl halides is 1. The van der Waals surface area contributed by atoms with Crippen molar-refractivity contribution >= 4 is 21.6 Å². The molecule has 0 saturated heterocycles. The quantitative estimate of drug-likeness (QED) is 0.796. The molecule has 0 fully saturated rings. The van der Waals surface area contributed by atoms with Crippen molar-refractivity contribution in [2.75, 3.05) is 11.9 Å². The summed E-state index contributed by atoms with van der Waals surface area (Å²) in [6.45, 7) is 2.94. The number of rotatable bonds is 4. The molecule has 0 aliphatic rings. The van der Waals surface area contributed by atoms with Crippen LogP contribution in [0.5, 0.6) is 0 Å². The minimum absolute atomic E-state index is 0.823. The Morgan fingerprint density at radius 1 is 1.22 bits per heavy atom. The van der Waals surface area contributed by atoms with Gasteiger partial charge in [-0.3, -0.25) is 4.98 Å². The van der Waals surface area contributed by atoms with Gasteiger partial charge in [0.05, 0.1) is 12.2 Å². The molecular weight excluding hydrogens is 288 g/mol. The van der Waals surface area contributed by atoms with Crippen LogP contribution in [0.4, 0.5) is 5.69 Å². The van der Waals surface area contributed by atoms with E-state index >= 15 is 0 Å². The van der Waals surface area contributed by atoms with Crippen LogP contribution >= 0.6 is 15.9 Å². The molecule has 0 atom stereocenters. The number of aryl methyl sites for hydroxylation is 1. The molecule has 0 aliphatic carbocycles. The van der Waals surface area contributed by atoms with E-state index in [-0.39, 0.29) is 0 Å². The summed E-state index contributed by atoms with van der Waals surface area (Å²) in [4.78, 5) is 6.60. The standard InChI is InChI=1S/C15H17BrN2/c1-12-6-7-15(13(9-12)10-16)18(2)11-14-5-3-4-8-17-14/h3-9H,10-11H2,1-2H3. The fourth-order valence-corrected chi connectivity index (χ4v) is 2.46. The van der Waals surface area contributed by atoms with E-state index in [9.17, 15) is 0 Å². The first kappa shape index (κ1) is 13.1. The fourth-order valence-electron chi connectivity index (χ4n) is 2.01. The number of benzene rings is 1. The minimum atomic E-state index is 0.823. The zero-order valence-corrected chi connectivity index (χ0v) is 12.3. The highest BCUT2D eigenvalue weighted by Gasteiger charge is 2.07. The maximum Gasteiger partial charge on any atom is 0.0598 e. The third-order valence-electron chi connectivity index (χ3n) is 2.92. The van der Waals surface area contributed by atoms with Gasteiger partial charge in [0, 0.05) is 24.3 Å². The van der Waals surface area contributed by atoms with Gasteiger partial charge in [-0.25, -0.2) is 0 Å². The molecule has 0 spiro atoms. The summed E-state index contributed by atoms with van der Waals surface area (Å²) in [5.41, 5.74) is 4.94. The van der Waals surface area contributed by atoms with E-state index in [1.54, 1.807) is 0 Å². The van der Waals surface area contributed by atoms with Gasteiger partial charge in [-0.2, -0.15) is 0 Å². The molecule has 1 aromatic heterocycles. The average Bonchev–Trinajstić information content (AvgIpc) is 2.39. The van der Waals surface area contributed by atoms with Crippen molar-refractivity contribution in [1.82, 2.24) is 4.98 Å². The van der Waals surface area contributed by atoms with Crippen LogP contribution in [-0.4, -0.2) is 12.0 Å². The van der Waals surface area contributed by atoms with Gasteiger partial charge < -0.3 is 4.90 Å². The predicted molar refractivity (Wildman–Crippen MR) is 80.2 cm³/mol. The number of halogens is 1. The summed E-state index contributed by atoms with van der Waals surface area (Å²) in [6, 6.07) is 12.6. The topological polar surface area (TPSA) is 16.1 Å². The van der Waals surface area contributed by atoms with Gasteiger partial charge in [-0.05, 0) is 30.7 Å². The summed E-state index contributed by atoms with van der Waals surface area (Å²) >= 11 is 3.55. The van der Waals surface area contributed by atoms with Crippen LogP contribution < -0.4 is 4.90 Å². The van der Waals surface area contributed by atoms with Crippen molar-refractivity contribution in [2.45, 2.75) is 18.8 Å². The number of aromatic nitrogens is 1. The van der Waals surface area contributed by atoms with Gasteiger partial charge in [-0.15, -0.1) is 0 Å². The number of hydrogen-bond acceptors (Lipinski definition) is 2. The van der Waals surface area contributed by atoms with Crippen molar-refractivity contribution in [3.63, 3.8) is 0 Å². The fraction of sp³-hybridized carbons (Fsp3) is 0.267. The summed E-state index contributed by atoms with van der Waals surface area (Å²) in [6.07, 6.45) is 1.84. The van der Waals surface area contributed by atoms with E-state index in [1.807, 2.05) is 18.3 Å². The lowest BCUT2D eigenvalue weighted by Crippen LogP contribution is -2.18. The van der Waals surface area contributed by atoms with Gasteiger partial charge in [0.15, 0.2) is 0 Å². The third-order valence-corrected chi connectivity index (χ3v) is 3.52. The molecule has 1 heterocycles. The molecule has 2 nitrogen and oxygen atoms in total. The molecule has 3 heteroatoms. The Bertz CT molecular complexity index is 511. The molecule has 2 rings (SSSR count). The third kappa shape index (κ3) is 3.10. The van der Waals surface area contributed by atoms with Crippen molar-refractivity contribution < 1.29 is 0 Å². The smallest absolute Gasteiger partial charge is 0.0598 e. The SMILES string of the molecule is Cc1ccc(N(C)Cc2ccccn2)c(CBr)c1. The second-order valence-electron chi connectivity index (χ2n) is 4.44. The first-order valence-electron chi connectivity index (χ1n) is 5.97. The molecule has 0 aliphatic heterocycles. The molecule has 2 aromatic rings. The minimum Gasteiger partial charge on any atom is -0.368 e. The van der Waals surface area contributed by atoms with E-state index < -0.39 is 0 Å². The van der Waals surface area contributed by atoms with Gasteiger partial charge >= 0.3 is 0 Å². The van der Waals surface area contributed by atoms with E-state index in [0.29, 0.717) is 0 Å². The lowest BCUT2D eigenvalue weighted by molar-refractivity contribution is 0.880. The molecule has 0 amide bonds. The molecule has 0 N–H and O–H groups in total. The highest BCUT2D eigenvalue weighted by Crippen LogP contribution is 2.24. The second kappa shape index (κ2) is 6.01. The zero-order valence-electron chi connectivity index (χ0n) is 10.7. The Kier molecular flexibility index (Phi) is 4.37. The lowest BCUT2D eigenvalue weighted by Gasteiger charge is -2.22. The monoisotopic (exact) mass is 304 g/mol. The Hall–Kier alpha value is -1.35. The van der Waals surface area contributed by atoms with Crippen LogP contribution in [0.3, 0.4) is 0 Å². The molecule has 0 saturated carbocycles. The van der Waals surface area contributed by atoms with Crippen LogP contribution in [0.2, 0.25) is 0 Å². The molecule has 94 valence electrons. The summed E-state index contributed by atoms with van der Waals surface area (Å²) in [5.74, 6) is 0. The maximum absolute atomic E-state index is 4.36. The zero-order chi connectivity index (χ0) is 13.0. The van der Waals surface area contributed by atoms with E-state index in [1.165, 1.54) is 16.8 Å². The number of anilines is 1. The number of pyridine rings is 1. The lowest BCUT2D eigenvalue weighted by atomic mass is 10.1. The second-order valence-corrected chi connectivity index (χ2v) is 5.00. The predicted octanol–water partition coefficient (Wildman–Crippen LogP) is 3.92. The highest BCUT2D eigenvalue weighted by atomic mass is 79.9. The van der Waals surface area contributed by atoms with Gasteiger partial charge in [-0.1, -0.05) is 39.7 Å². The first-order valence-corrected chi connectivity index (χ1v) is 7.09. The Balaban J connectivity index is 2.21. The molecule has 18 heavy (non-hydrogen) atoms. The summed E-state index contributed by atoms with van der Waals surface area (Å²) < 4.78 is 0. The van der Waals surface area contributed by atoms with Crippen molar-refractivity contribution in [1.29, 1.82) is 0 Å². The van der Waals surface area contributed by atoms with E-state index in [4.69, 9.17) is 0 Å². The summed E-state index contributed by atoms with van der Waals surface area (Å²) in [7, 11) is 2.10. The molecule has 0 radical (unpaired) electrons. The van der Waals surface area contributed by atoms with Crippen LogP contribution in [0.25, 0.3) is 0 Å².